The number of likely N-dealkylation sites (N-methyl/N-ethyl adjacent to an activating group) is 1. The third-order valence-electron chi connectivity index (χ3n) is 3.66. The maximum atomic E-state index is 12.2. The molecule has 1 amide bonds. The van der Waals surface area contributed by atoms with Crippen molar-refractivity contribution in [3.05, 3.63) is 65.5 Å². The smallest absolute Gasteiger partial charge is 0.269 e. The van der Waals surface area contributed by atoms with Gasteiger partial charge in [-0.25, -0.2) is 4.98 Å². The van der Waals surface area contributed by atoms with Gasteiger partial charge in [-0.2, -0.15) is 0 Å². The first-order valence-corrected chi connectivity index (χ1v) is 7.48. The van der Waals surface area contributed by atoms with E-state index in [1.54, 1.807) is 6.07 Å². The fraction of sp³-hybridized carbons (Fsp3) is 0.333. The molecule has 1 aromatic heterocycles. The van der Waals surface area contributed by atoms with E-state index in [1.165, 1.54) is 5.56 Å². The number of carbonyl (C=O) groups excluding carboxylic acids is 1. The van der Waals surface area contributed by atoms with Crippen molar-refractivity contribution in [1.82, 2.24) is 15.2 Å². The minimum atomic E-state index is -0.122. The van der Waals surface area contributed by atoms with Crippen molar-refractivity contribution < 1.29 is 4.79 Å². The molecule has 0 spiro atoms. The summed E-state index contributed by atoms with van der Waals surface area (Å²) < 4.78 is 0. The lowest BCUT2D eigenvalue weighted by molar-refractivity contribution is 0.0936. The molecule has 1 aromatic carbocycles. The maximum Gasteiger partial charge on any atom is 0.269 e. The van der Waals surface area contributed by atoms with Crippen LogP contribution in [-0.4, -0.2) is 42.5 Å². The molecule has 1 N–H and O–H groups in total. The molecule has 2 rings (SSSR count). The van der Waals surface area contributed by atoms with Crippen molar-refractivity contribution in [1.29, 1.82) is 0 Å². The summed E-state index contributed by atoms with van der Waals surface area (Å²) in [5.74, 6) is -0.122. The third-order valence-corrected chi connectivity index (χ3v) is 3.66. The second-order valence-electron chi connectivity index (χ2n) is 5.68. The Hall–Kier alpha value is -2.20. The average molecular weight is 297 g/mol. The van der Waals surface area contributed by atoms with Gasteiger partial charge in [-0.1, -0.05) is 36.4 Å². The lowest BCUT2D eigenvalue weighted by Gasteiger charge is -2.24. The molecule has 0 aliphatic carbocycles. The van der Waals surface area contributed by atoms with Crippen molar-refractivity contribution in [2.45, 2.75) is 19.4 Å². The van der Waals surface area contributed by atoms with Gasteiger partial charge in [-0.15, -0.1) is 0 Å². The van der Waals surface area contributed by atoms with Crippen LogP contribution < -0.4 is 5.32 Å². The van der Waals surface area contributed by atoms with Gasteiger partial charge in [-0.05, 0) is 45.1 Å². The van der Waals surface area contributed by atoms with Gasteiger partial charge in [0.15, 0.2) is 0 Å². The van der Waals surface area contributed by atoms with Gasteiger partial charge < -0.3 is 10.2 Å². The zero-order chi connectivity index (χ0) is 15.9. The average Bonchev–Trinajstić information content (AvgIpc) is 2.51. The standard InChI is InChI=1S/C18H23N3O/c1-14-8-7-11-17(20-14)18(22)19-13-16(21(2)3)12-15-9-5-4-6-10-15/h4-11,16H,12-13H2,1-3H3,(H,19,22). The van der Waals surface area contributed by atoms with E-state index >= 15 is 0 Å². The lowest BCUT2D eigenvalue weighted by Crippen LogP contribution is -2.41. The zero-order valence-corrected chi connectivity index (χ0v) is 13.4. The Morgan fingerprint density at radius 2 is 1.86 bits per heavy atom. The van der Waals surface area contributed by atoms with Crippen LogP contribution in [0.25, 0.3) is 0 Å². The summed E-state index contributed by atoms with van der Waals surface area (Å²) in [7, 11) is 4.06. The largest absolute Gasteiger partial charge is 0.349 e. The summed E-state index contributed by atoms with van der Waals surface area (Å²) in [6.07, 6.45) is 0.898. The topological polar surface area (TPSA) is 45.2 Å². The molecule has 4 heteroatoms. The van der Waals surface area contributed by atoms with Crippen LogP contribution >= 0.6 is 0 Å². The predicted octanol–water partition coefficient (Wildman–Crippen LogP) is 2.29. The fourth-order valence-corrected chi connectivity index (χ4v) is 2.29. The minimum absolute atomic E-state index is 0.122. The normalized spacial score (nSPS) is 12.2. The molecule has 0 bridgehead atoms. The Morgan fingerprint density at radius 3 is 2.50 bits per heavy atom. The van der Waals surface area contributed by atoms with E-state index in [-0.39, 0.29) is 11.9 Å². The first kappa shape index (κ1) is 16.2. The number of rotatable bonds is 6. The highest BCUT2D eigenvalue weighted by Gasteiger charge is 2.15. The molecule has 0 aliphatic heterocycles. The number of hydrogen-bond donors (Lipinski definition) is 1. The van der Waals surface area contributed by atoms with Crippen LogP contribution in [0.15, 0.2) is 48.5 Å². The summed E-state index contributed by atoms with van der Waals surface area (Å²) in [6.45, 7) is 2.48. The summed E-state index contributed by atoms with van der Waals surface area (Å²) in [5, 5.41) is 2.98. The minimum Gasteiger partial charge on any atom is -0.349 e. The van der Waals surface area contributed by atoms with E-state index in [0.29, 0.717) is 12.2 Å². The number of pyridine rings is 1. The first-order chi connectivity index (χ1) is 10.6. The Kier molecular flexibility index (Phi) is 5.67. The van der Waals surface area contributed by atoms with Gasteiger partial charge in [-0.3, -0.25) is 4.79 Å². The van der Waals surface area contributed by atoms with Crippen LogP contribution in [-0.2, 0) is 6.42 Å². The quantitative estimate of drug-likeness (QED) is 0.890. The molecule has 0 saturated heterocycles. The molecule has 1 atom stereocenters. The van der Waals surface area contributed by atoms with Crippen LogP contribution in [0, 0.1) is 6.92 Å². The molecule has 2 aromatic rings. The number of aryl methyl sites for hydroxylation is 1. The molecule has 0 aliphatic rings. The van der Waals surface area contributed by atoms with Crippen LogP contribution in [0.2, 0.25) is 0 Å². The van der Waals surface area contributed by atoms with Crippen LogP contribution in [0.1, 0.15) is 21.7 Å². The number of nitrogens with zero attached hydrogens (tertiary/aromatic N) is 2. The Bertz CT molecular complexity index is 611. The van der Waals surface area contributed by atoms with Gasteiger partial charge in [0.1, 0.15) is 5.69 Å². The number of carbonyl (C=O) groups is 1. The molecule has 116 valence electrons. The second kappa shape index (κ2) is 7.71. The fourth-order valence-electron chi connectivity index (χ4n) is 2.29. The molecular formula is C18H23N3O. The molecule has 4 nitrogen and oxygen atoms in total. The Morgan fingerprint density at radius 1 is 1.14 bits per heavy atom. The number of nitrogens with one attached hydrogen (secondary N) is 1. The summed E-state index contributed by atoms with van der Waals surface area (Å²) >= 11 is 0. The van der Waals surface area contributed by atoms with Crippen LogP contribution in [0.5, 0.6) is 0 Å². The SMILES string of the molecule is Cc1cccc(C(=O)NCC(Cc2ccccc2)N(C)C)n1. The second-order valence-corrected chi connectivity index (χ2v) is 5.68. The van der Waals surface area contributed by atoms with E-state index in [9.17, 15) is 4.79 Å². The van der Waals surface area contributed by atoms with Crippen LogP contribution in [0.4, 0.5) is 0 Å². The van der Waals surface area contributed by atoms with Crippen molar-refractivity contribution in [3.63, 3.8) is 0 Å². The molecule has 1 unspecified atom stereocenters. The van der Waals surface area contributed by atoms with Crippen molar-refractivity contribution in [3.8, 4) is 0 Å². The molecule has 22 heavy (non-hydrogen) atoms. The summed E-state index contributed by atoms with van der Waals surface area (Å²) in [5.41, 5.74) is 2.59. The van der Waals surface area contributed by atoms with Crippen LogP contribution in [0.3, 0.4) is 0 Å². The van der Waals surface area contributed by atoms with E-state index in [0.717, 1.165) is 12.1 Å². The molecule has 0 radical (unpaired) electrons. The Balaban J connectivity index is 1.96. The molecule has 0 fully saturated rings. The first-order valence-electron chi connectivity index (χ1n) is 7.48. The van der Waals surface area contributed by atoms with E-state index < -0.39 is 0 Å². The van der Waals surface area contributed by atoms with Gasteiger partial charge in [0.25, 0.3) is 5.91 Å². The predicted molar refractivity (Wildman–Crippen MR) is 88.9 cm³/mol. The van der Waals surface area contributed by atoms with Gasteiger partial charge in [0.2, 0.25) is 0 Å². The van der Waals surface area contributed by atoms with Crippen molar-refractivity contribution >= 4 is 5.91 Å². The summed E-state index contributed by atoms with van der Waals surface area (Å²) in [4.78, 5) is 18.6. The monoisotopic (exact) mass is 297 g/mol. The molecule has 1 heterocycles. The zero-order valence-electron chi connectivity index (χ0n) is 13.4. The van der Waals surface area contributed by atoms with Crippen molar-refractivity contribution in [2.24, 2.45) is 0 Å². The number of hydrogen-bond acceptors (Lipinski definition) is 3. The molecular weight excluding hydrogens is 274 g/mol. The summed E-state index contributed by atoms with van der Waals surface area (Å²) in [6, 6.07) is 16.0. The van der Waals surface area contributed by atoms with Gasteiger partial charge in [0.05, 0.1) is 0 Å². The van der Waals surface area contributed by atoms with Gasteiger partial charge >= 0.3 is 0 Å². The van der Waals surface area contributed by atoms with E-state index in [1.807, 2.05) is 51.4 Å². The lowest BCUT2D eigenvalue weighted by atomic mass is 10.1. The van der Waals surface area contributed by atoms with E-state index in [4.69, 9.17) is 0 Å². The number of aromatic nitrogens is 1. The van der Waals surface area contributed by atoms with Gasteiger partial charge in [0, 0.05) is 18.3 Å². The maximum absolute atomic E-state index is 12.2. The van der Waals surface area contributed by atoms with E-state index in [2.05, 4.69) is 27.3 Å². The highest BCUT2D eigenvalue weighted by Crippen LogP contribution is 2.06. The number of amides is 1. The van der Waals surface area contributed by atoms with Crippen molar-refractivity contribution in [2.75, 3.05) is 20.6 Å². The highest BCUT2D eigenvalue weighted by molar-refractivity contribution is 5.92. The highest BCUT2D eigenvalue weighted by atomic mass is 16.1. The molecule has 0 saturated carbocycles. The third kappa shape index (κ3) is 4.67. The number of benzene rings is 1. The Labute approximate surface area is 132 Å².